The summed E-state index contributed by atoms with van der Waals surface area (Å²) in [6.07, 6.45) is 3.28. The summed E-state index contributed by atoms with van der Waals surface area (Å²) in [6.45, 7) is 2.21. The van der Waals surface area contributed by atoms with Gasteiger partial charge in [-0.05, 0) is 37.3 Å². The molecule has 0 spiro atoms. The van der Waals surface area contributed by atoms with Gasteiger partial charge in [0, 0.05) is 17.3 Å². The molecule has 27 heavy (non-hydrogen) atoms. The Hall–Kier alpha value is -3.71. The quantitative estimate of drug-likeness (QED) is 0.364. The zero-order valence-corrected chi connectivity index (χ0v) is 14.9. The molecule has 132 valence electrons. The van der Waals surface area contributed by atoms with Crippen molar-refractivity contribution in [3.05, 3.63) is 101 Å². The lowest BCUT2D eigenvalue weighted by molar-refractivity contribution is 0.104. The SMILES string of the molecule is Cc1cccc(C(=O)/C(C#N)=C/c2ccccc2OCc2ccccn2)c1. The zero-order chi connectivity index (χ0) is 19.1. The van der Waals surface area contributed by atoms with Crippen LogP contribution >= 0.6 is 0 Å². The molecule has 4 heteroatoms. The average Bonchev–Trinajstić information content (AvgIpc) is 2.71. The molecule has 0 saturated heterocycles. The Kier molecular flexibility index (Phi) is 5.76. The molecule has 0 N–H and O–H groups in total. The van der Waals surface area contributed by atoms with Gasteiger partial charge in [0.25, 0.3) is 0 Å². The molecule has 0 aliphatic rings. The molecule has 3 rings (SSSR count). The van der Waals surface area contributed by atoms with Gasteiger partial charge in [0.05, 0.1) is 5.69 Å². The number of carbonyl (C=O) groups excluding carboxylic acids is 1. The lowest BCUT2D eigenvalue weighted by atomic mass is 10.0. The Labute approximate surface area is 158 Å². The normalized spacial score (nSPS) is 10.9. The highest BCUT2D eigenvalue weighted by atomic mass is 16.5. The summed E-state index contributed by atoms with van der Waals surface area (Å²) in [5, 5.41) is 9.50. The van der Waals surface area contributed by atoms with Gasteiger partial charge in [0.2, 0.25) is 5.78 Å². The number of hydrogen-bond donors (Lipinski definition) is 0. The van der Waals surface area contributed by atoms with Gasteiger partial charge in [-0.2, -0.15) is 5.26 Å². The van der Waals surface area contributed by atoms with Crippen LogP contribution in [0.1, 0.15) is 27.2 Å². The number of nitriles is 1. The topological polar surface area (TPSA) is 63.0 Å². The number of allylic oxidation sites excluding steroid dienone is 1. The average molecular weight is 354 g/mol. The third-order valence-electron chi connectivity index (χ3n) is 3.97. The Balaban J connectivity index is 1.86. The maximum Gasteiger partial charge on any atom is 0.203 e. The van der Waals surface area contributed by atoms with Crippen LogP contribution in [-0.4, -0.2) is 10.8 Å². The number of aryl methyl sites for hydroxylation is 1. The van der Waals surface area contributed by atoms with Crippen LogP contribution in [0.4, 0.5) is 0 Å². The summed E-state index contributed by atoms with van der Waals surface area (Å²) < 4.78 is 5.85. The van der Waals surface area contributed by atoms with Gasteiger partial charge in [-0.3, -0.25) is 9.78 Å². The molecule has 0 unspecified atom stereocenters. The van der Waals surface area contributed by atoms with Crippen LogP contribution < -0.4 is 4.74 Å². The molecule has 4 nitrogen and oxygen atoms in total. The number of para-hydroxylation sites is 1. The first-order valence-electron chi connectivity index (χ1n) is 8.52. The van der Waals surface area contributed by atoms with Gasteiger partial charge in [-0.1, -0.05) is 48.0 Å². The van der Waals surface area contributed by atoms with Crippen LogP contribution in [0.3, 0.4) is 0 Å². The second kappa shape index (κ2) is 8.59. The fourth-order valence-electron chi connectivity index (χ4n) is 2.61. The van der Waals surface area contributed by atoms with E-state index in [1.54, 1.807) is 30.5 Å². The number of ketones is 1. The Morgan fingerprint density at radius 3 is 2.67 bits per heavy atom. The number of ether oxygens (including phenoxy) is 1. The summed E-state index contributed by atoms with van der Waals surface area (Å²) in [4.78, 5) is 16.9. The van der Waals surface area contributed by atoms with Gasteiger partial charge >= 0.3 is 0 Å². The van der Waals surface area contributed by atoms with Gasteiger partial charge < -0.3 is 4.74 Å². The molecule has 0 aliphatic heterocycles. The Morgan fingerprint density at radius 1 is 1.11 bits per heavy atom. The van der Waals surface area contributed by atoms with E-state index in [0.29, 0.717) is 23.5 Å². The van der Waals surface area contributed by atoms with Crippen LogP contribution in [0.5, 0.6) is 5.75 Å². The highest BCUT2D eigenvalue weighted by molar-refractivity contribution is 6.14. The van der Waals surface area contributed by atoms with Crippen molar-refractivity contribution >= 4 is 11.9 Å². The molecule has 0 aliphatic carbocycles. The van der Waals surface area contributed by atoms with E-state index >= 15 is 0 Å². The minimum atomic E-state index is -0.305. The maximum absolute atomic E-state index is 12.7. The predicted octanol–water partition coefficient (Wildman–Crippen LogP) is 4.76. The molecular weight excluding hydrogens is 336 g/mol. The van der Waals surface area contributed by atoms with Crippen molar-refractivity contribution in [1.82, 2.24) is 4.98 Å². The molecule has 2 aromatic carbocycles. The monoisotopic (exact) mass is 354 g/mol. The van der Waals surface area contributed by atoms with Crippen molar-refractivity contribution < 1.29 is 9.53 Å². The second-order valence-corrected chi connectivity index (χ2v) is 6.02. The van der Waals surface area contributed by atoms with Crippen molar-refractivity contribution in [2.45, 2.75) is 13.5 Å². The van der Waals surface area contributed by atoms with E-state index in [4.69, 9.17) is 4.74 Å². The molecule has 1 heterocycles. The van der Waals surface area contributed by atoms with Crippen LogP contribution in [0.25, 0.3) is 6.08 Å². The number of carbonyl (C=O) groups is 1. The van der Waals surface area contributed by atoms with E-state index < -0.39 is 0 Å². The largest absolute Gasteiger partial charge is 0.487 e. The van der Waals surface area contributed by atoms with Crippen LogP contribution in [-0.2, 0) is 6.61 Å². The highest BCUT2D eigenvalue weighted by Crippen LogP contribution is 2.23. The van der Waals surface area contributed by atoms with E-state index in [1.165, 1.54) is 0 Å². The number of pyridine rings is 1. The molecule has 0 fully saturated rings. The third kappa shape index (κ3) is 4.68. The Morgan fingerprint density at radius 2 is 1.93 bits per heavy atom. The van der Waals surface area contributed by atoms with Gasteiger partial charge in [0.15, 0.2) is 0 Å². The molecule has 3 aromatic rings. The lowest BCUT2D eigenvalue weighted by Crippen LogP contribution is -2.03. The standard InChI is InChI=1S/C23H18N2O2/c1-17-7-6-9-19(13-17)23(26)20(15-24)14-18-8-2-3-11-22(18)27-16-21-10-4-5-12-25-21/h2-14H,16H2,1H3/b20-14+. The fraction of sp³-hybridized carbons (Fsp3) is 0.0870. The summed E-state index contributed by atoms with van der Waals surface area (Å²) >= 11 is 0. The lowest BCUT2D eigenvalue weighted by Gasteiger charge is -2.09. The van der Waals surface area contributed by atoms with Gasteiger partial charge in [0.1, 0.15) is 24.0 Å². The van der Waals surface area contributed by atoms with Crippen LogP contribution in [0.15, 0.2) is 78.5 Å². The Bertz CT molecular complexity index is 1020. The van der Waals surface area contributed by atoms with E-state index in [2.05, 4.69) is 4.98 Å². The fourth-order valence-corrected chi connectivity index (χ4v) is 2.61. The van der Waals surface area contributed by atoms with E-state index in [-0.39, 0.29) is 11.4 Å². The van der Waals surface area contributed by atoms with Crippen molar-refractivity contribution in [2.24, 2.45) is 0 Å². The molecule has 0 amide bonds. The molecule has 1 aromatic heterocycles. The minimum absolute atomic E-state index is 0.0643. The maximum atomic E-state index is 12.7. The van der Waals surface area contributed by atoms with Crippen molar-refractivity contribution in [1.29, 1.82) is 5.26 Å². The number of nitrogens with zero attached hydrogens (tertiary/aromatic N) is 2. The van der Waals surface area contributed by atoms with E-state index in [9.17, 15) is 10.1 Å². The molecule has 0 saturated carbocycles. The van der Waals surface area contributed by atoms with E-state index in [0.717, 1.165) is 11.3 Å². The first kappa shape index (κ1) is 18.1. The number of Topliss-reactive ketones (excluding diaryl/α,β-unsaturated/α-hetero) is 1. The van der Waals surface area contributed by atoms with Gasteiger partial charge in [-0.15, -0.1) is 0 Å². The van der Waals surface area contributed by atoms with Crippen LogP contribution in [0.2, 0.25) is 0 Å². The second-order valence-electron chi connectivity index (χ2n) is 6.02. The van der Waals surface area contributed by atoms with Crippen molar-refractivity contribution in [3.63, 3.8) is 0 Å². The number of hydrogen-bond acceptors (Lipinski definition) is 4. The van der Waals surface area contributed by atoms with Gasteiger partial charge in [-0.25, -0.2) is 0 Å². The minimum Gasteiger partial charge on any atom is -0.487 e. The van der Waals surface area contributed by atoms with E-state index in [1.807, 2.05) is 61.5 Å². The van der Waals surface area contributed by atoms with Crippen molar-refractivity contribution in [3.8, 4) is 11.8 Å². The molecule has 0 radical (unpaired) electrons. The molecule has 0 atom stereocenters. The summed E-state index contributed by atoms with van der Waals surface area (Å²) in [6, 6.07) is 22.1. The smallest absolute Gasteiger partial charge is 0.203 e. The highest BCUT2D eigenvalue weighted by Gasteiger charge is 2.13. The summed E-state index contributed by atoms with van der Waals surface area (Å²) in [5.74, 6) is 0.286. The zero-order valence-electron chi connectivity index (χ0n) is 14.9. The number of rotatable bonds is 6. The first-order chi connectivity index (χ1) is 13.2. The third-order valence-corrected chi connectivity index (χ3v) is 3.97. The molecular formula is C23H18N2O2. The predicted molar refractivity (Wildman–Crippen MR) is 104 cm³/mol. The summed E-state index contributed by atoms with van der Waals surface area (Å²) in [7, 11) is 0. The van der Waals surface area contributed by atoms with Crippen LogP contribution in [0, 0.1) is 18.3 Å². The summed E-state index contributed by atoms with van der Waals surface area (Å²) in [5.41, 5.74) is 3.00. The first-order valence-corrected chi connectivity index (χ1v) is 8.52. The molecule has 0 bridgehead atoms. The number of benzene rings is 2. The van der Waals surface area contributed by atoms with Crippen molar-refractivity contribution in [2.75, 3.05) is 0 Å². The number of aromatic nitrogens is 1.